The van der Waals surface area contributed by atoms with E-state index in [9.17, 15) is 14.4 Å². The monoisotopic (exact) mass is 405 g/mol. The topological polar surface area (TPSA) is 87.3 Å². The summed E-state index contributed by atoms with van der Waals surface area (Å²) in [5.74, 6) is -1.66. The van der Waals surface area contributed by atoms with Crippen molar-refractivity contribution in [1.82, 2.24) is 16.2 Å². The average Bonchev–Trinajstić information content (AvgIpc) is 2.66. The standard InChI is InChI=1S/C19H17Cl2N3O3/c1-12(22-17(25)10-7-13-5-3-2-4-6-13)18(26)23-24-19(27)15-11-14(20)8-9-16(15)21/h2-12H,1H3,(H,22,25)(H,23,26)(H,24,27)/b10-7+/t12-/m0/s1. The summed E-state index contributed by atoms with van der Waals surface area (Å²) < 4.78 is 0. The van der Waals surface area contributed by atoms with Crippen LogP contribution in [0.4, 0.5) is 0 Å². The Morgan fingerprint density at radius 2 is 1.70 bits per heavy atom. The lowest BCUT2D eigenvalue weighted by atomic mass is 10.2. The van der Waals surface area contributed by atoms with Crippen molar-refractivity contribution in [3.8, 4) is 0 Å². The molecule has 0 aliphatic carbocycles. The van der Waals surface area contributed by atoms with Gasteiger partial charge in [0.15, 0.2) is 0 Å². The van der Waals surface area contributed by atoms with Crippen molar-refractivity contribution in [2.45, 2.75) is 13.0 Å². The maximum atomic E-state index is 12.1. The van der Waals surface area contributed by atoms with Gasteiger partial charge in [-0.15, -0.1) is 0 Å². The molecule has 1 atom stereocenters. The first-order valence-corrected chi connectivity index (χ1v) is 8.71. The van der Waals surface area contributed by atoms with Crippen LogP contribution in [0.3, 0.4) is 0 Å². The average molecular weight is 406 g/mol. The molecule has 8 heteroatoms. The molecule has 3 N–H and O–H groups in total. The molecule has 0 bridgehead atoms. The Hall–Kier alpha value is -2.83. The number of carbonyl (C=O) groups excluding carboxylic acids is 3. The molecule has 0 unspecified atom stereocenters. The Morgan fingerprint density at radius 3 is 2.41 bits per heavy atom. The summed E-state index contributed by atoms with van der Waals surface area (Å²) in [4.78, 5) is 36.0. The molecular weight excluding hydrogens is 389 g/mol. The molecule has 0 saturated heterocycles. The Labute approximate surface area is 166 Å². The first kappa shape index (κ1) is 20.5. The lowest BCUT2D eigenvalue weighted by Gasteiger charge is -2.14. The van der Waals surface area contributed by atoms with Crippen LogP contribution >= 0.6 is 23.2 Å². The molecule has 2 rings (SSSR count). The van der Waals surface area contributed by atoms with Crippen molar-refractivity contribution in [3.05, 3.63) is 75.8 Å². The number of benzene rings is 2. The largest absolute Gasteiger partial charge is 0.341 e. The van der Waals surface area contributed by atoms with Crippen LogP contribution in [0, 0.1) is 0 Å². The summed E-state index contributed by atoms with van der Waals surface area (Å²) in [6.45, 7) is 1.49. The highest BCUT2D eigenvalue weighted by Gasteiger charge is 2.16. The highest BCUT2D eigenvalue weighted by molar-refractivity contribution is 6.35. The zero-order valence-electron chi connectivity index (χ0n) is 14.3. The maximum absolute atomic E-state index is 12.1. The Kier molecular flexibility index (Phi) is 7.40. The first-order chi connectivity index (χ1) is 12.9. The van der Waals surface area contributed by atoms with Crippen molar-refractivity contribution in [2.24, 2.45) is 0 Å². The minimum absolute atomic E-state index is 0.118. The van der Waals surface area contributed by atoms with E-state index in [0.717, 1.165) is 5.56 Å². The van der Waals surface area contributed by atoms with Gasteiger partial charge in [-0.05, 0) is 36.8 Å². The summed E-state index contributed by atoms with van der Waals surface area (Å²) in [5.41, 5.74) is 5.43. The van der Waals surface area contributed by atoms with Crippen LogP contribution in [0.2, 0.25) is 10.0 Å². The molecule has 0 aromatic heterocycles. The number of halogens is 2. The molecule has 2 aromatic rings. The van der Waals surface area contributed by atoms with Crippen LogP contribution < -0.4 is 16.2 Å². The number of nitrogens with one attached hydrogen (secondary N) is 3. The zero-order chi connectivity index (χ0) is 19.8. The first-order valence-electron chi connectivity index (χ1n) is 7.95. The summed E-state index contributed by atoms with van der Waals surface area (Å²) in [6.07, 6.45) is 2.95. The molecule has 27 heavy (non-hydrogen) atoms. The molecule has 0 fully saturated rings. The molecular formula is C19H17Cl2N3O3. The molecule has 0 saturated carbocycles. The third-order valence-electron chi connectivity index (χ3n) is 3.45. The highest BCUT2D eigenvalue weighted by Crippen LogP contribution is 2.20. The lowest BCUT2D eigenvalue weighted by molar-refractivity contribution is -0.127. The lowest BCUT2D eigenvalue weighted by Crippen LogP contribution is -2.50. The Balaban J connectivity index is 1.84. The summed E-state index contributed by atoms with van der Waals surface area (Å²) in [5, 5.41) is 3.03. The smallest absolute Gasteiger partial charge is 0.271 e. The number of rotatable bonds is 5. The van der Waals surface area contributed by atoms with Gasteiger partial charge in [0.2, 0.25) is 5.91 Å². The van der Waals surface area contributed by atoms with E-state index in [0.29, 0.717) is 5.02 Å². The zero-order valence-corrected chi connectivity index (χ0v) is 15.8. The van der Waals surface area contributed by atoms with Gasteiger partial charge >= 0.3 is 0 Å². The third-order valence-corrected chi connectivity index (χ3v) is 4.02. The predicted molar refractivity (Wildman–Crippen MR) is 105 cm³/mol. The SMILES string of the molecule is C[C@H](NC(=O)/C=C/c1ccccc1)C(=O)NNC(=O)c1cc(Cl)ccc1Cl. The van der Waals surface area contributed by atoms with E-state index in [2.05, 4.69) is 16.2 Å². The van der Waals surface area contributed by atoms with Crippen molar-refractivity contribution in [3.63, 3.8) is 0 Å². The van der Waals surface area contributed by atoms with Gasteiger partial charge < -0.3 is 5.32 Å². The van der Waals surface area contributed by atoms with Gasteiger partial charge in [-0.2, -0.15) is 0 Å². The number of carbonyl (C=O) groups is 3. The van der Waals surface area contributed by atoms with Crippen LogP contribution in [-0.2, 0) is 9.59 Å². The predicted octanol–water partition coefficient (Wildman–Crippen LogP) is 2.97. The number of hydrogen-bond acceptors (Lipinski definition) is 3. The second-order valence-electron chi connectivity index (χ2n) is 5.54. The summed E-state index contributed by atoms with van der Waals surface area (Å²) in [7, 11) is 0. The normalized spacial score (nSPS) is 11.7. The Bertz CT molecular complexity index is 870. The molecule has 3 amide bonds. The van der Waals surface area contributed by atoms with E-state index in [-0.39, 0.29) is 10.6 Å². The van der Waals surface area contributed by atoms with Crippen molar-refractivity contribution in [2.75, 3.05) is 0 Å². The maximum Gasteiger partial charge on any atom is 0.271 e. The van der Waals surface area contributed by atoms with E-state index < -0.39 is 23.8 Å². The molecule has 2 aromatic carbocycles. The molecule has 0 aliphatic heterocycles. The van der Waals surface area contributed by atoms with Crippen LogP contribution in [0.25, 0.3) is 6.08 Å². The van der Waals surface area contributed by atoms with Crippen LogP contribution in [-0.4, -0.2) is 23.8 Å². The molecule has 6 nitrogen and oxygen atoms in total. The van der Waals surface area contributed by atoms with Crippen molar-refractivity contribution >= 4 is 47.0 Å². The second-order valence-corrected chi connectivity index (χ2v) is 6.39. The van der Waals surface area contributed by atoms with Gasteiger partial charge in [-0.25, -0.2) is 0 Å². The fraction of sp³-hybridized carbons (Fsp3) is 0.105. The van der Waals surface area contributed by atoms with E-state index in [1.807, 2.05) is 30.3 Å². The van der Waals surface area contributed by atoms with E-state index in [4.69, 9.17) is 23.2 Å². The van der Waals surface area contributed by atoms with E-state index in [1.165, 1.54) is 25.1 Å². The second kappa shape index (κ2) is 9.75. The minimum Gasteiger partial charge on any atom is -0.341 e. The fourth-order valence-corrected chi connectivity index (χ4v) is 2.40. The van der Waals surface area contributed by atoms with E-state index in [1.54, 1.807) is 12.1 Å². The van der Waals surface area contributed by atoms with Crippen LogP contribution in [0.1, 0.15) is 22.8 Å². The highest BCUT2D eigenvalue weighted by atomic mass is 35.5. The summed E-state index contributed by atoms with van der Waals surface area (Å²) in [6, 6.07) is 12.8. The third kappa shape index (κ3) is 6.44. The summed E-state index contributed by atoms with van der Waals surface area (Å²) >= 11 is 11.8. The molecule has 0 aliphatic rings. The van der Waals surface area contributed by atoms with Gasteiger partial charge in [-0.3, -0.25) is 25.2 Å². The number of amides is 3. The van der Waals surface area contributed by atoms with Crippen LogP contribution in [0.15, 0.2) is 54.6 Å². The molecule has 0 radical (unpaired) electrons. The van der Waals surface area contributed by atoms with Gasteiger partial charge in [0.1, 0.15) is 6.04 Å². The van der Waals surface area contributed by atoms with Crippen LogP contribution in [0.5, 0.6) is 0 Å². The molecule has 0 heterocycles. The quantitative estimate of drug-likeness (QED) is 0.527. The van der Waals surface area contributed by atoms with Gasteiger partial charge in [0, 0.05) is 11.1 Å². The van der Waals surface area contributed by atoms with Gasteiger partial charge in [0.05, 0.1) is 10.6 Å². The Morgan fingerprint density at radius 1 is 1.00 bits per heavy atom. The molecule has 0 spiro atoms. The molecule has 140 valence electrons. The van der Waals surface area contributed by atoms with Crippen molar-refractivity contribution < 1.29 is 14.4 Å². The van der Waals surface area contributed by atoms with Gasteiger partial charge in [-0.1, -0.05) is 53.5 Å². The van der Waals surface area contributed by atoms with Gasteiger partial charge in [0.25, 0.3) is 11.8 Å². The number of hydrogen-bond donors (Lipinski definition) is 3. The van der Waals surface area contributed by atoms with E-state index >= 15 is 0 Å². The minimum atomic E-state index is -0.868. The van der Waals surface area contributed by atoms with Crippen molar-refractivity contribution in [1.29, 1.82) is 0 Å². The fourth-order valence-electron chi connectivity index (χ4n) is 2.03. The number of hydrazine groups is 1.